The molecule has 2 fully saturated rings. The van der Waals surface area contributed by atoms with Crippen molar-refractivity contribution in [1.82, 2.24) is 10.2 Å². The molecular weight excluding hydrogens is 304 g/mol. The zero-order valence-electron chi connectivity index (χ0n) is 14.3. The van der Waals surface area contributed by atoms with Gasteiger partial charge in [0.25, 0.3) is 0 Å². The van der Waals surface area contributed by atoms with Gasteiger partial charge in [0.2, 0.25) is 11.8 Å². The molecule has 1 saturated carbocycles. The fourth-order valence-electron chi connectivity index (χ4n) is 3.38. The number of ether oxygens (including phenoxy) is 1. The average Bonchev–Trinajstić information content (AvgIpc) is 3.44. The Morgan fingerprint density at radius 2 is 1.96 bits per heavy atom. The number of likely N-dealkylation sites (tertiary alicyclic amines) is 1. The van der Waals surface area contributed by atoms with Gasteiger partial charge in [0.1, 0.15) is 11.2 Å². The molecule has 0 unspecified atom stereocenters. The van der Waals surface area contributed by atoms with Gasteiger partial charge in [-0.05, 0) is 56.2 Å². The Labute approximate surface area is 143 Å². The zero-order valence-corrected chi connectivity index (χ0v) is 14.3. The number of carbonyl (C=O) groups is 2. The summed E-state index contributed by atoms with van der Waals surface area (Å²) in [6, 6.07) is 7.83. The number of hydrogen-bond donors (Lipinski definition) is 1. The highest BCUT2D eigenvalue weighted by atomic mass is 16.5. The maximum Gasteiger partial charge on any atom is 0.238 e. The fraction of sp³-hybridized carbons (Fsp3) is 0.579. The number of benzene rings is 1. The van der Waals surface area contributed by atoms with Gasteiger partial charge in [-0.3, -0.25) is 9.59 Å². The summed E-state index contributed by atoms with van der Waals surface area (Å²) in [6.07, 6.45) is 5.40. The number of methoxy groups -OCH3 is 1. The minimum atomic E-state index is -0.772. The number of piperidine rings is 1. The van der Waals surface area contributed by atoms with Gasteiger partial charge in [-0.1, -0.05) is 12.1 Å². The molecule has 5 heteroatoms. The minimum absolute atomic E-state index is 0.0427. The average molecular weight is 330 g/mol. The molecule has 1 aliphatic carbocycles. The van der Waals surface area contributed by atoms with Crippen molar-refractivity contribution in [3.8, 4) is 5.75 Å². The van der Waals surface area contributed by atoms with Crippen LogP contribution >= 0.6 is 0 Å². The Balaban J connectivity index is 1.51. The van der Waals surface area contributed by atoms with Crippen LogP contribution in [0.2, 0.25) is 0 Å². The lowest BCUT2D eigenvalue weighted by Crippen LogP contribution is -2.47. The van der Waals surface area contributed by atoms with E-state index in [2.05, 4.69) is 5.32 Å². The van der Waals surface area contributed by atoms with Gasteiger partial charge in [0, 0.05) is 19.6 Å². The van der Waals surface area contributed by atoms with Crippen molar-refractivity contribution < 1.29 is 14.3 Å². The van der Waals surface area contributed by atoms with Gasteiger partial charge in [0.05, 0.1) is 7.11 Å². The molecule has 130 valence electrons. The summed E-state index contributed by atoms with van der Waals surface area (Å²) in [5, 5.41) is 2.96. The van der Waals surface area contributed by atoms with E-state index in [1.54, 1.807) is 7.11 Å². The summed E-state index contributed by atoms with van der Waals surface area (Å²) < 4.78 is 5.21. The summed E-state index contributed by atoms with van der Waals surface area (Å²) in [7, 11) is 1.64. The molecule has 1 aromatic carbocycles. The van der Waals surface area contributed by atoms with E-state index < -0.39 is 5.41 Å². The molecule has 1 aliphatic heterocycles. The van der Waals surface area contributed by atoms with Crippen LogP contribution in [0.3, 0.4) is 0 Å². The third kappa shape index (κ3) is 3.55. The second-order valence-corrected chi connectivity index (χ2v) is 6.79. The maximum atomic E-state index is 12.7. The van der Waals surface area contributed by atoms with Crippen LogP contribution in [0, 0.1) is 5.41 Å². The highest BCUT2D eigenvalue weighted by Crippen LogP contribution is 2.47. The SMILES string of the molecule is COc1cccc(CCNC(=O)C2(C(=O)N3CCCCC3)CC2)c1. The third-order valence-corrected chi connectivity index (χ3v) is 5.07. The maximum absolute atomic E-state index is 12.7. The van der Waals surface area contributed by atoms with Crippen molar-refractivity contribution in [1.29, 1.82) is 0 Å². The molecule has 0 atom stereocenters. The van der Waals surface area contributed by atoms with E-state index >= 15 is 0 Å². The summed E-state index contributed by atoms with van der Waals surface area (Å²) in [5.74, 6) is 0.764. The van der Waals surface area contributed by atoms with Crippen LogP contribution in [0.25, 0.3) is 0 Å². The van der Waals surface area contributed by atoms with E-state index in [9.17, 15) is 9.59 Å². The minimum Gasteiger partial charge on any atom is -0.497 e. The molecule has 24 heavy (non-hydrogen) atoms. The van der Waals surface area contributed by atoms with E-state index in [4.69, 9.17) is 4.74 Å². The molecular formula is C19H26N2O3. The van der Waals surface area contributed by atoms with E-state index in [-0.39, 0.29) is 11.8 Å². The molecule has 1 heterocycles. The molecule has 1 saturated heterocycles. The Morgan fingerprint density at radius 3 is 2.62 bits per heavy atom. The Bertz CT molecular complexity index is 604. The third-order valence-electron chi connectivity index (χ3n) is 5.07. The first-order valence-electron chi connectivity index (χ1n) is 8.86. The van der Waals surface area contributed by atoms with Crippen molar-refractivity contribution in [2.24, 2.45) is 5.41 Å². The fourth-order valence-corrected chi connectivity index (χ4v) is 3.38. The first-order valence-corrected chi connectivity index (χ1v) is 8.86. The van der Waals surface area contributed by atoms with Gasteiger partial charge in [-0.2, -0.15) is 0 Å². The monoisotopic (exact) mass is 330 g/mol. The largest absolute Gasteiger partial charge is 0.497 e. The van der Waals surface area contributed by atoms with Gasteiger partial charge < -0.3 is 15.0 Å². The van der Waals surface area contributed by atoms with E-state index in [1.807, 2.05) is 29.2 Å². The quantitative estimate of drug-likeness (QED) is 0.813. The van der Waals surface area contributed by atoms with E-state index in [0.717, 1.165) is 43.7 Å². The van der Waals surface area contributed by atoms with E-state index in [0.29, 0.717) is 19.4 Å². The van der Waals surface area contributed by atoms with Crippen LogP contribution in [-0.2, 0) is 16.0 Å². The van der Waals surface area contributed by atoms with Gasteiger partial charge in [-0.15, -0.1) is 0 Å². The van der Waals surface area contributed by atoms with Crippen molar-refractivity contribution in [3.05, 3.63) is 29.8 Å². The zero-order chi connectivity index (χ0) is 17.0. The highest BCUT2D eigenvalue weighted by molar-refractivity contribution is 6.07. The van der Waals surface area contributed by atoms with Crippen LogP contribution in [0.15, 0.2) is 24.3 Å². The first kappa shape index (κ1) is 16.8. The second-order valence-electron chi connectivity index (χ2n) is 6.79. The lowest BCUT2D eigenvalue weighted by molar-refractivity contribution is -0.144. The van der Waals surface area contributed by atoms with Crippen LogP contribution in [0.1, 0.15) is 37.7 Å². The molecule has 0 bridgehead atoms. The summed E-state index contributed by atoms with van der Waals surface area (Å²) >= 11 is 0. The standard InChI is InChI=1S/C19H26N2O3/c1-24-16-7-5-6-15(14-16)8-11-20-17(22)19(9-10-19)18(23)21-12-3-2-4-13-21/h5-7,14H,2-4,8-13H2,1H3,(H,20,22). The molecule has 0 aromatic heterocycles. The first-order chi connectivity index (χ1) is 11.7. The van der Waals surface area contributed by atoms with Gasteiger partial charge in [-0.25, -0.2) is 0 Å². The summed E-state index contributed by atoms with van der Waals surface area (Å²) in [5.41, 5.74) is 0.341. The van der Waals surface area contributed by atoms with Crippen molar-refractivity contribution in [3.63, 3.8) is 0 Å². The highest BCUT2D eigenvalue weighted by Gasteiger charge is 2.57. The number of amides is 2. The van der Waals surface area contributed by atoms with Crippen LogP contribution < -0.4 is 10.1 Å². The second kappa shape index (κ2) is 7.24. The summed E-state index contributed by atoms with van der Waals surface area (Å²) in [6.45, 7) is 2.15. The molecule has 0 radical (unpaired) electrons. The van der Waals surface area contributed by atoms with E-state index in [1.165, 1.54) is 6.42 Å². The molecule has 1 N–H and O–H groups in total. The molecule has 2 amide bonds. The topological polar surface area (TPSA) is 58.6 Å². The lowest BCUT2D eigenvalue weighted by atomic mass is 10.0. The number of nitrogens with zero attached hydrogens (tertiary/aromatic N) is 1. The predicted octanol–water partition coefficient (Wildman–Crippen LogP) is 2.15. The van der Waals surface area contributed by atoms with Crippen LogP contribution in [0.5, 0.6) is 5.75 Å². The number of hydrogen-bond acceptors (Lipinski definition) is 3. The Hall–Kier alpha value is -2.04. The lowest BCUT2D eigenvalue weighted by Gasteiger charge is -2.30. The van der Waals surface area contributed by atoms with Gasteiger partial charge >= 0.3 is 0 Å². The van der Waals surface area contributed by atoms with Crippen molar-refractivity contribution >= 4 is 11.8 Å². The summed E-state index contributed by atoms with van der Waals surface area (Å²) in [4.78, 5) is 27.1. The number of carbonyl (C=O) groups excluding carboxylic acids is 2. The van der Waals surface area contributed by atoms with Crippen molar-refractivity contribution in [2.45, 2.75) is 38.5 Å². The molecule has 2 aliphatic rings. The van der Waals surface area contributed by atoms with Crippen molar-refractivity contribution in [2.75, 3.05) is 26.7 Å². The van der Waals surface area contributed by atoms with Gasteiger partial charge in [0.15, 0.2) is 0 Å². The number of nitrogens with one attached hydrogen (secondary N) is 1. The molecule has 5 nitrogen and oxygen atoms in total. The molecule has 0 spiro atoms. The van der Waals surface area contributed by atoms with Crippen LogP contribution in [-0.4, -0.2) is 43.5 Å². The molecule has 1 aromatic rings. The Morgan fingerprint density at radius 1 is 1.21 bits per heavy atom. The molecule has 3 rings (SSSR count). The Kier molecular flexibility index (Phi) is 5.07. The smallest absolute Gasteiger partial charge is 0.238 e. The normalized spacial score (nSPS) is 18.8. The predicted molar refractivity (Wildman–Crippen MR) is 91.8 cm³/mol. The number of rotatable bonds is 6. The van der Waals surface area contributed by atoms with Crippen LogP contribution in [0.4, 0.5) is 0 Å².